The molecular formula is C13H20N2O4S. The van der Waals surface area contributed by atoms with Crippen molar-refractivity contribution in [3.63, 3.8) is 0 Å². The summed E-state index contributed by atoms with van der Waals surface area (Å²) < 4.78 is 30.0. The SMILES string of the molecule is CCOC(=O)CCN(C)S(=O)(=O)CCc1ccccn1. The van der Waals surface area contributed by atoms with Gasteiger partial charge in [0.2, 0.25) is 10.0 Å². The Hall–Kier alpha value is -1.47. The van der Waals surface area contributed by atoms with Crippen molar-refractivity contribution >= 4 is 16.0 Å². The second-order valence-corrected chi connectivity index (χ2v) is 6.46. The van der Waals surface area contributed by atoms with Crippen LogP contribution in [-0.2, 0) is 26.0 Å². The lowest BCUT2D eigenvalue weighted by Crippen LogP contribution is -2.32. The number of esters is 1. The van der Waals surface area contributed by atoms with Crippen LogP contribution in [0.5, 0.6) is 0 Å². The van der Waals surface area contributed by atoms with Crippen LogP contribution >= 0.6 is 0 Å². The number of ether oxygens (including phenoxy) is 1. The molecule has 0 aromatic carbocycles. The van der Waals surface area contributed by atoms with Crippen molar-refractivity contribution in [2.75, 3.05) is 26.0 Å². The number of pyridine rings is 1. The quantitative estimate of drug-likeness (QED) is 0.665. The van der Waals surface area contributed by atoms with Crippen molar-refractivity contribution in [3.8, 4) is 0 Å². The number of aryl methyl sites for hydroxylation is 1. The number of hydrogen-bond donors (Lipinski definition) is 0. The van der Waals surface area contributed by atoms with Gasteiger partial charge in [0, 0.05) is 31.9 Å². The minimum atomic E-state index is -3.38. The third-order valence-corrected chi connectivity index (χ3v) is 4.61. The van der Waals surface area contributed by atoms with Crippen LogP contribution in [-0.4, -0.2) is 49.6 Å². The van der Waals surface area contributed by atoms with Crippen molar-refractivity contribution in [3.05, 3.63) is 30.1 Å². The highest BCUT2D eigenvalue weighted by atomic mass is 32.2. The van der Waals surface area contributed by atoms with Gasteiger partial charge in [0.05, 0.1) is 18.8 Å². The molecule has 0 amide bonds. The van der Waals surface area contributed by atoms with E-state index >= 15 is 0 Å². The average Bonchev–Trinajstić information content (AvgIpc) is 2.44. The van der Waals surface area contributed by atoms with Crippen LogP contribution in [0.4, 0.5) is 0 Å². The van der Waals surface area contributed by atoms with Crippen LogP contribution in [0.25, 0.3) is 0 Å². The molecule has 0 saturated heterocycles. The predicted molar refractivity (Wildman–Crippen MR) is 75.6 cm³/mol. The molecule has 0 N–H and O–H groups in total. The maximum atomic E-state index is 12.0. The van der Waals surface area contributed by atoms with Crippen molar-refractivity contribution in [2.24, 2.45) is 0 Å². The normalized spacial score (nSPS) is 11.6. The Bertz CT molecular complexity index is 516. The van der Waals surface area contributed by atoms with Crippen molar-refractivity contribution in [2.45, 2.75) is 19.8 Å². The zero-order valence-electron chi connectivity index (χ0n) is 11.8. The minimum absolute atomic E-state index is 0.0245. The fourth-order valence-electron chi connectivity index (χ4n) is 1.56. The van der Waals surface area contributed by atoms with E-state index < -0.39 is 10.0 Å². The number of sulfonamides is 1. The molecule has 112 valence electrons. The second-order valence-electron chi connectivity index (χ2n) is 4.26. The molecule has 0 unspecified atom stereocenters. The molecule has 6 nitrogen and oxygen atoms in total. The predicted octanol–water partition coefficient (Wildman–Crippen LogP) is 0.839. The van der Waals surface area contributed by atoms with Crippen LogP contribution < -0.4 is 0 Å². The van der Waals surface area contributed by atoms with E-state index in [1.807, 2.05) is 6.07 Å². The lowest BCUT2D eigenvalue weighted by Gasteiger charge is -2.16. The first-order valence-corrected chi connectivity index (χ1v) is 8.06. The highest BCUT2D eigenvalue weighted by Crippen LogP contribution is 2.04. The van der Waals surface area contributed by atoms with Gasteiger partial charge < -0.3 is 4.74 Å². The van der Waals surface area contributed by atoms with E-state index in [0.29, 0.717) is 13.0 Å². The Morgan fingerprint density at radius 3 is 2.75 bits per heavy atom. The summed E-state index contributed by atoms with van der Waals surface area (Å²) in [5.41, 5.74) is 0.731. The van der Waals surface area contributed by atoms with Gasteiger partial charge in [-0.1, -0.05) is 6.07 Å². The lowest BCUT2D eigenvalue weighted by atomic mass is 10.3. The van der Waals surface area contributed by atoms with Gasteiger partial charge in [-0.15, -0.1) is 0 Å². The smallest absolute Gasteiger partial charge is 0.307 e. The summed E-state index contributed by atoms with van der Waals surface area (Å²) in [6.07, 6.45) is 2.05. The van der Waals surface area contributed by atoms with Crippen LogP contribution in [0.15, 0.2) is 24.4 Å². The molecule has 0 aliphatic heterocycles. The van der Waals surface area contributed by atoms with E-state index in [1.54, 1.807) is 25.3 Å². The first-order chi connectivity index (χ1) is 9.45. The van der Waals surface area contributed by atoms with Gasteiger partial charge in [-0.2, -0.15) is 0 Å². The summed E-state index contributed by atoms with van der Waals surface area (Å²) in [6.45, 7) is 2.14. The summed E-state index contributed by atoms with van der Waals surface area (Å²) in [6, 6.07) is 5.39. The van der Waals surface area contributed by atoms with Crippen LogP contribution in [0, 0.1) is 0 Å². The highest BCUT2D eigenvalue weighted by molar-refractivity contribution is 7.89. The Morgan fingerprint density at radius 1 is 1.40 bits per heavy atom. The zero-order chi connectivity index (χ0) is 15.0. The second kappa shape index (κ2) is 7.96. The van der Waals surface area contributed by atoms with Gasteiger partial charge in [0.15, 0.2) is 0 Å². The zero-order valence-corrected chi connectivity index (χ0v) is 12.6. The van der Waals surface area contributed by atoms with Crippen molar-refractivity contribution in [1.82, 2.24) is 9.29 Å². The molecule has 0 saturated carbocycles. The molecule has 1 heterocycles. The van der Waals surface area contributed by atoms with Crippen LogP contribution in [0.1, 0.15) is 19.0 Å². The first kappa shape index (κ1) is 16.6. The average molecular weight is 300 g/mol. The minimum Gasteiger partial charge on any atom is -0.466 e. The van der Waals surface area contributed by atoms with E-state index in [9.17, 15) is 13.2 Å². The first-order valence-electron chi connectivity index (χ1n) is 6.45. The molecular weight excluding hydrogens is 280 g/mol. The molecule has 0 atom stereocenters. The molecule has 1 rings (SSSR count). The molecule has 20 heavy (non-hydrogen) atoms. The summed E-state index contributed by atoms with van der Waals surface area (Å²) in [5.74, 6) is -0.414. The Kier molecular flexibility index (Phi) is 6.60. The number of carbonyl (C=O) groups is 1. The fourth-order valence-corrected chi connectivity index (χ4v) is 2.70. The van der Waals surface area contributed by atoms with Gasteiger partial charge in [0.1, 0.15) is 0 Å². The molecule has 1 aromatic rings. The summed E-state index contributed by atoms with van der Waals surface area (Å²) >= 11 is 0. The van der Waals surface area contributed by atoms with Crippen LogP contribution in [0.2, 0.25) is 0 Å². The molecule has 0 aliphatic carbocycles. The Balaban J connectivity index is 2.45. The third-order valence-electron chi connectivity index (χ3n) is 2.75. The molecule has 0 fully saturated rings. The molecule has 0 aliphatic rings. The van der Waals surface area contributed by atoms with E-state index in [2.05, 4.69) is 4.98 Å². The van der Waals surface area contributed by atoms with Crippen molar-refractivity contribution in [1.29, 1.82) is 0 Å². The molecule has 1 aromatic heterocycles. The highest BCUT2D eigenvalue weighted by Gasteiger charge is 2.19. The fraction of sp³-hybridized carbons (Fsp3) is 0.538. The van der Waals surface area contributed by atoms with Crippen molar-refractivity contribution < 1.29 is 17.9 Å². The Morgan fingerprint density at radius 2 is 2.15 bits per heavy atom. The van der Waals surface area contributed by atoms with E-state index in [-0.39, 0.29) is 24.7 Å². The maximum absolute atomic E-state index is 12.0. The van der Waals surface area contributed by atoms with Gasteiger partial charge >= 0.3 is 5.97 Å². The molecule has 0 radical (unpaired) electrons. The molecule has 0 spiro atoms. The lowest BCUT2D eigenvalue weighted by molar-refractivity contribution is -0.143. The van der Waals surface area contributed by atoms with Gasteiger partial charge in [-0.25, -0.2) is 12.7 Å². The molecule has 7 heteroatoms. The van der Waals surface area contributed by atoms with Gasteiger partial charge in [0.25, 0.3) is 0 Å². The van der Waals surface area contributed by atoms with Gasteiger partial charge in [-0.3, -0.25) is 9.78 Å². The standard InChI is InChI=1S/C13H20N2O4S/c1-3-19-13(16)7-10-15(2)20(17,18)11-8-12-6-4-5-9-14-12/h4-6,9H,3,7-8,10-11H2,1-2H3. The molecule has 0 bridgehead atoms. The summed E-state index contributed by atoms with van der Waals surface area (Å²) in [7, 11) is -1.92. The van der Waals surface area contributed by atoms with E-state index in [4.69, 9.17) is 4.74 Å². The largest absolute Gasteiger partial charge is 0.466 e. The monoisotopic (exact) mass is 300 g/mol. The van der Waals surface area contributed by atoms with E-state index in [1.165, 1.54) is 11.4 Å². The number of hydrogen-bond acceptors (Lipinski definition) is 5. The van der Waals surface area contributed by atoms with E-state index in [0.717, 1.165) is 5.69 Å². The summed E-state index contributed by atoms with van der Waals surface area (Å²) in [4.78, 5) is 15.3. The maximum Gasteiger partial charge on any atom is 0.307 e. The van der Waals surface area contributed by atoms with Gasteiger partial charge in [-0.05, 0) is 19.1 Å². The number of rotatable bonds is 8. The van der Waals surface area contributed by atoms with Crippen LogP contribution in [0.3, 0.4) is 0 Å². The number of nitrogens with zero attached hydrogens (tertiary/aromatic N) is 2. The number of aromatic nitrogens is 1. The number of carbonyl (C=O) groups excluding carboxylic acids is 1. The Labute approximate surface area is 119 Å². The third kappa shape index (κ3) is 5.66. The summed E-state index contributed by atoms with van der Waals surface area (Å²) in [5, 5.41) is 0. The topological polar surface area (TPSA) is 76.6 Å².